The molecule has 0 saturated carbocycles. The third-order valence-electron chi connectivity index (χ3n) is 3.17. The van der Waals surface area contributed by atoms with E-state index in [-0.39, 0.29) is 22.3 Å². The van der Waals surface area contributed by atoms with E-state index in [0.717, 1.165) is 4.31 Å². The second-order valence-electron chi connectivity index (χ2n) is 5.22. The number of ether oxygens (including phenoxy) is 1. The van der Waals surface area contributed by atoms with Crippen LogP contribution in [-0.2, 0) is 14.8 Å². The van der Waals surface area contributed by atoms with Gasteiger partial charge in [-0.3, -0.25) is 4.79 Å². The summed E-state index contributed by atoms with van der Waals surface area (Å²) < 4.78 is 43.2. The zero-order valence-electron chi connectivity index (χ0n) is 13.5. The van der Waals surface area contributed by atoms with Crippen molar-refractivity contribution >= 4 is 33.2 Å². The van der Waals surface area contributed by atoms with Crippen LogP contribution in [0.15, 0.2) is 47.4 Å². The fraction of sp³-hybridized carbons (Fsp3) is 0.188. The van der Waals surface area contributed by atoms with Crippen LogP contribution in [0.5, 0.6) is 5.75 Å². The second-order valence-corrected chi connectivity index (χ2v) is 7.78. The summed E-state index contributed by atoms with van der Waals surface area (Å²) in [5.41, 5.74) is 0.425. The molecule has 0 radical (unpaired) electrons. The van der Waals surface area contributed by atoms with Crippen molar-refractivity contribution in [3.63, 3.8) is 0 Å². The summed E-state index contributed by atoms with van der Waals surface area (Å²) in [6.07, 6.45) is 0. The Balaban J connectivity index is 2.01. The normalized spacial score (nSPS) is 11.4. The highest BCUT2D eigenvalue weighted by atomic mass is 35.5. The first-order valence-electron chi connectivity index (χ1n) is 7.10. The van der Waals surface area contributed by atoms with Crippen LogP contribution >= 0.6 is 11.6 Å². The molecular formula is C16H16ClFN2O4S. The zero-order chi connectivity index (χ0) is 18.6. The van der Waals surface area contributed by atoms with Gasteiger partial charge < -0.3 is 10.1 Å². The Bertz CT molecular complexity index is 870. The van der Waals surface area contributed by atoms with E-state index in [2.05, 4.69) is 5.32 Å². The first kappa shape index (κ1) is 19.2. The molecule has 1 N–H and O–H groups in total. The summed E-state index contributed by atoms with van der Waals surface area (Å²) in [5, 5.41) is 2.60. The number of amides is 1. The smallest absolute Gasteiger partial charge is 0.262 e. The highest BCUT2D eigenvalue weighted by Crippen LogP contribution is 2.28. The van der Waals surface area contributed by atoms with Gasteiger partial charge in [-0.15, -0.1) is 0 Å². The van der Waals surface area contributed by atoms with Crippen molar-refractivity contribution in [2.24, 2.45) is 0 Å². The van der Waals surface area contributed by atoms with Crippen LogP contribution in [0.2, 0.25) is 5.02 Å². The molecule has 2 aromatic rings. The van der Waals surface area contributed by atoms with Crippen molar-refractivity contribution in [3.05, 3.63) is 53.3 Å². The van der Waals surface area contributed by atoms with Gasteiger partial charge in [-0.2, -0.15) is 0 Å². The van der Waals surface area contributed by atoms with Crippen LogP contribution in [0.25, 0.3) is 0 Å². The minimum absolute atomic E-state index is 0.0191. The number of rotatable bonds is 6. The maximum absolute atomic E-state index is 12.8. The van der Waals surface area contributed by atoms with Gasteiger partial charge in [0.1, 0.15) is 11.6 Å². The molecule has 25 heavy (non-hydrogen) atoms. The van der Waals surface area contributed by atoms with Gasteiger partial charge in [-0.05, 0) is 42.5 Å². The SMILES string of the molecule is CN(C)S(=O)(=O)c1ccc(OCC(=O)Nc2ccc(F)cc2)c(Cl)c1. The maximum Gasteiger partial charge on any atom is 0.262 e. The summed E-state index contributed by atoms with van der Waals surface area (Å²) in [7, 11) is -0.788. The molecule has 0 unspecified atom stereocenters. The molecule has 2 aromatic carbocycles. The highest BCUT2D eigenvalue weighted by Gasteiger charge is 2.19. The Hall–Kier alpha value is -2.16. The predicted octanol–water partition coefficient (Wildman–Crippen LogP) is 2.75. The molecule has 0 aliphatic carbocycles. The van der Waals surface area contributed by atoms with E-state index in [1.807, 2.05) is 0 Å². The van der Waals surface area contributed by atoms with Gasteiger partial charge in [0.2, 0.25) is 10.0 Å². The van der Waals surface area contributed by atoms with Gasteiger partial charge in [0.15, 0.2) is 6.61 Å². The Labute approximate surface area is 150 Å². The number of carbonyl (C=O) groups is 1. The quantitative estimate of drug-likeness (QED) is 0.828. The molecule has 0 spiro atoms. The summed E-state index contributed by atoms with van der Waals surface area (Å²) in [5.74, 6) is -0.699. The van der Waals surface area contributed by atoms with Crippen LogP contribution in [0.4, 0.5) is 10.1 Å². The lowest BCUT2D eigenvalue weighted by atomic mass is 10.3. The van der Waals surface area contributed by atoms with Gasteiger partial charge in [0.25, 0.3) is 5.91 Å². The van der Waals surface area contributed by atoms with E-state index in [9.17, 15) is 17.6 Å². The predicted molar refractivity (Wildman–Crippen MR) is 92.8 cm³/mol. The van der Waals surface area contributed by atoms with Crippen LogP contribution < -0.4 is 10.1 Å². The largest absolute Gasteiger partial charge is 0.482 e. The standard InChI is InChI=1S/C16H16ClFN2O4S/c1-20(2)25(22,23)13-7-8-15(14(17)9-13)24-10-16(21)19-12-5-3-11(18)4-6-12/h3-9H,10H2,1-2H3,(H,19,21). The first-order valence-corrected chi connectivity index (χ1v) is 8.92. The molecule has 134 valence electrons. The van der Waals surface area contributed by atoms with Crippen LogP contribution in [0.3, 0.4) is 0 Å². The van der Waals surface area contributed by atoms with Gasteiger partial charge in [0.05, 0.1) is 9.92 Å². The van der Waals surface area contributed by atoms with Crippen molar-refractivity contribution in [2.75, 3.05) is 26.0 Å². The molecule has 0 aromatic heterocycles. The van der Waals surface area contributed by atoms with E-state index in [1.54, 1.807) is 0 Å². The Morgan fingerprint density at radius 3 is 2.40 bits per heavy atom. The monoisotopic (exact) mass is 386 g/mol. The number of nitrogens with one attached hydrogen (secondary N) is 1. The number of carbonyl (C=O) groups excluding carboxylic acids is 1. The number of sulfonamides is 1. The van der Waals surface area contributed by atoms with Gasteiger partial charge in [-0.1, -0.05) is 11.6 Å². The molecule has 0 aliphatic heterocycles. The molecule has 0 saturated heterocycles. The van der Waals surface area contributed by atoms with Gasteiger partial charge >= 0.3 is 0 Å². The van der Waals surface area contributed by atoms with E-state index in [1.165, 1.54) is 56.6 Å². The lowest BCUT2D eigenvalue weighted by Crippen LogP contribution is -2.22. The second kappa shape index (κ2) is 7.81. The average Bonchev–Trinajstić information content (AvgIpc) is 2.55. The fourth-order valence-corrected chi connectivity index (χ4v) is 3.07. The molecule has 0 aliphatic rings. The van der Waals surface area contributed by atoms with Crippen LogP contribution in [-0.4, -0.2) is 39.3 Å². The molecular weight excluding hydrogens is 371 g/mol. The van der Waals surface area contributed by atoms with E-state index in [0.29, 0.717) is 5.69 Å². The topological polar surface area (TPSA) is 75.7 Å². The minimum atomic E-state index is -3.61. The summed E-state index contributed by atoms with van der Waals surface area (Å²) in [6, 6.07) is 9.25. The van der Waals surface area contributed by atoms with E-state index in [4.69, 9.17) is 16.3 Å². The number of anilines is 1. The number of benzene rings is 2. The molecule has 0 fully saturated rings. The van der Waals surface area contributed by atoms with Crippen molar-refractivity contribution in [1.82, 2.24) is 4.31 Å². The molecule has 2 rings (SSSR count). The Morgan fingerprint density at radius 1 is 1.20 bits per heavy atom. The van der Waals surface area contributed by atoms with Gasteiger partial charge in [-0.25, -0.2) is 17.1 Å². The fourth-order valence-electron chi connectivity index (χ4n) is 1.84. The third kappa shape index (κ3) is 4.91. The van der Waals surface area contributed by atoms with Crippen molar-refractivity contribution in [3.8, 4) is 5.75 Å². The zero-order valence-corrected chi connectivity index (χ0v) is 15.1. The van der Waals surface area contributed by atoms with E-state index < -0.39 is 21.7 Å². The summed E-state index contributed by atoms with van der Waals surface area (Å²) in [6.45, 7) is -0.336. The number of hydrogen-bond acceptors (Lipinski definition) is 4. The third-order valence-corrected chi connectivity index (χ3v) is 5.28. The lowest BCUT2D eigenvalue weighted by molar-refractivity contribution is -0.118. The number of halogens is 2. The molecule has 0 heterocycles. The summed E-state index contributed by atoms with van der Waals surface area (Å²) >= 11 is 6.02. The summed E-state index contributed by atoms with van der Waals surface area (Å²) in [4.78, 5) is 11.8. The highest BCUT2D eigenvalue weighted by molar-refractivity contribution is 7.89. The maximum atomic E-state index is 12.8. The Morgan fingerprint density at radius 2 is 1.84 bits per heavy atom. The van der Waals surface area contributed by atoms with Crippen LogP contribution in [0, 0.1) is 5.82 Å². The molecule has 0 atom stereocenters. The minimum Gasteiger partial charge on any atom is -0.482 e. The molecule has 1 amide bonds. The molecule has 6 nitrogen and oxygen atoms in total. The number of nitrogens with zero attached hydrogens (tertiary/aromatic N) is 1. The first-order chi connectivity index (χ1) is 11.7. The molecule has 9 heteroatoms. The average molecular weight is 387 g/mol. The number of hydrogen-bond donors (Lipinski definition) is 1. The van der Waals surface area contributed by atoms with Crippen molar-refractivity contribution in [1.29, 1.82) is 0 Å². The van der Waals surface area contributed by atoms with Crippen molar-refractivity contribution in [2.45, 2.75) is 4.90 Å². The lowest BCUT2D eigenvalue weighted by Gasteiger charge is -2.13. The van der Waals surface area contributed by atoms with Crippen LogP contribution in [0.1, 0.15) is 0 Å². The molecule has 0 bridgehead atoms. The van der Waals surface area contributed by atoms with Crippen molar-refractivity contribution < 1.29 is 22.3 Å². The van der Waals surface area contributed by atoms with E-state index >= 15 is 0 Å². The Kier molecular flexibility index (Phi) is 5.99. The van der Waals surface area contributed by atoms with Gasteiger partial charge in [0, 0.05) is 19.8 Å².